The van der Waals surface area contributed by atoms with Crippen LogP contribution in [0.15, 0.2) is 30.3 Å². The Balaban J connectivity index is 1.54. The second-order valence-electron chi connectivity index (χ2n) is 8.48. The van der Waals surface area contributed by atoms with Gasteiger partial charge in [0.2, 0.25) is 5.91 Å². The molecule has 1 N–H and O–H groups in total. The van der Waals surface area contributed by atoms with Crippen LogP contribution in [-0.2, 0) is 4.79 Å². The summed E-state index contributed by atoms with van der Waals surface area (Å²) in [5, 5.41) is 9.91. The number of carbonyl (C=O) groups is 1. The highest BCUT2D eigenvalue weighted by molar-refractivity contribution is 5.80. The number of benzene rings is 1. The Labute approximate surface area is 163 Å². The van der Waals surface area contributed by atoms with E-state index in [1.54, 1.807) is 4.90 Å². The predicted octanol–water partition coefficient (Wildman–Crippen LogP) is 3.17. The first-order valence-corrected chi connectivity index (χ1v) is 10.1. The van der Waals surface area contributed by atoms with E-state index in [1.807, 2.05) is 35.2 Å². The van der Waals surface area contributed by atoms with Crippen LogP contribution in [0.4, 0.5) is 13.2 Å². The minimum atomic E-state index is -4.23. The molecule has 154 valence electrons. The number of hydrogen-bond donors (Lipinski definition) is 1. The molecule has 3 fully saturated rings. The molecule has 0 radical (unpaired) electrons. The molecule has 0 unspecified atom stereocenters. The molecule has 7 heteroatoms. The summed E-state index contributed by atoms with van der Waals surface area (Å²) in [7, 11) is 0. The van der Waals surface area contributed by atoms with Crippen molar-refractivity contribution in [3.63, 3.8) is 0 Å². The van der Waals surface area contributed by atoms with Crippen LogP contribution in [0.3, 0.4) is 0 Å². The van der Waals surface area contributed by atoms with E-state index in [9.17, 15) is 23.1 Å². The van der Waals surface area contributed by atoms with Gasteiger partial charge in [-0.1, -0.05) is 43.2 Å². The predicted molar refractivity (Wildman–Crippen MR) is 98.7 cm³/mol. The van der Waals surface area contributed by atoms with E-state index in [2.05, 4.69) is 0 Å². The number of carbonyl (C=O) groups excluding carboxylic acids is 1. The third-order valence-electron chi connectivity index (χ3n) is 6.86. The lowest BCUT2D eigenvalue weighted by atomic mass is 9.60. The molecular formula is C21H27F3N2O2. The summed E-state index contributed by atoms with van der Waals surface area (Å²) in [6, 6.07) is 9.33. The number of alkyl halides is 3. The zero-order chi connectivity index (χ0) is 19.9. The number of amides is 1. The molecule has 1 saturated carbocycles. The van der Waals surface area contributed by atoms with E-state index in [4.69, 9.17) is 0 Å². The average molecular weight is 396 g/mol. The van der Waals surface area contributed by atoms with E-state index in [1.165, 1.54) is 0 Å². The minimum Gasteiger partial charge on any atom is -0.395 e. The molecule has 3 aliphatic rings. The van der Waals surface area contributed by atoms with Crippen molar-refractivity contribution in [1.82, 2.24) is 9.80 Å². The van der Waals surface area contributed by atoms with Gasteiger partial charge < -0.3 is 10.0 Å². The van der Waals surface area contributed by atoms with E-state index in [-0.39, 0.29) is 36.9 Å². The Morgan fingerprint density at radius 2 is 1.79 bits per heavy atom. The summed E-state index contributed by atoms with van der Waals surface area (Å²) in [5.41, 5.74) is 0.534. The minimum absolute atomic E-state index is 0.0560. The van der Waals surface area contributed by atoms with Gasteiger partial charge >= 0.3 is 6.18 Å². The van der Waals surface area contributed by atoms with Gasteiger partial charge in [-0.3, -0.25) is 9.69 Å². The van der Waals surface area contributed by atoms with Crippen molar-refractivity contribution in [2.75, 3.05) is 26.2 Å². The largest absolute Gasteiger partial charge is 0.395 e. The van der Waals surface area contributed by atoms with Crippen LogP contribution in [0.2, 0.25) is 0 Å². The number of halogens is 3. The lowest BCUT2D eigenvalue weighted by Crippen LogP contribution is -2.85. The average Bonchev–Trinajstić information content (AvgIpc) is 3.14. The summed E-state index contributed by atoms with van der Waals surface area (Å²) in [6.45, 7) is 0.589. The van der Waals surface area contributed by atoms with Gasteiger partial charge in [0, 0.05) is 37.5 Å². The Bertz CT molecular complexity index is 697. The highest BCUT2D eigenvalue weighted by Crippen LogP contribution is 2.54. The molecule has 2 saturated heterocycles. The molecular weight excluding hydrogens is 369 g/mol. The van der Waals surface area contributed by atoms with Crippen molar-refractivity contribution in [2.45, 2.75) is 55.8 Å². The molecule has 4 nitrogen and oxygen atoms in total. The zero-order valence-electron chi connectivity index (χ0n) is 15.9. The highest BCUT2D eigenvalue weighted by Gasteiger charge is 2.66. The van der Waals surface area contributed by atoms with E-state index >= 15 is 0 Å². The topological polar surface area (TPSA) is 43.8 Å². The standard InChI is InChI=1S/C21H27F3N2O2/c22-21(23,24)10-11-26-17(12-27)18(15-6-2-1-3-7-15)20(26)13-25(14-20)19(28)16-8-4-5-9-16/h1-3,6-7,16-18,27H,4-5,8-14H2/t17-,18-/m0/s1. The summed E-state index contributed by atoms with van der Waals surface area (Å²) < 4.78 is 38.6. The Morgan fingerprint density at radius 1 is 1.14 bits per heavy atom. The van der Waals surface area contributed by atoms with Gasteiger partial charge in [0.1, 0.15) is 0 Å². The van der Waals surface area contributed by atoms with Crippen LogP contribution in [0.25, 0.3) is 0 Å². The van der Waals surface area contributed by atoms with Crippen molar-refractivity contribution in [2.24, 2.45) is 5.92 Å². The molecule has 1 spiro atoms. The highest BCUT2D eigenvalue weighted by atomic mass is 19.4. The number of hydrogen-bond acceptors (Lipinski definition) is 3. The van der Waals surface area contributed by atoms with Crippen molar-refractivity contribution in [3.8, 4) is 0 Å². The van der Waals surface area contributed by atoms with Gasteiger partial charge in [0.15, 0.2) is 0 Å². The summed E-state index contributed by atoms with van der Waals surface area (Å²) in [6.07, 6.45) is -1.15. The summed E-state index contributed by atoms with van der Waals surface area (Å²) in [5.74, 6) is 0.169. The number of likely N-dealkylation sites (tertiary alicyclic amines) is 2. The zero-order valence-corrected chi connectivity index (χ0v) is 15.9. The second-order valence-corrected chi connectivity index (χ2v) is 8.48. The van der Waals surface area contributed by atoms with E-state index < -0.39 is 18.1 Å². The molecule has 4 rings (SSSR count). The summed E-state index contributed by atoms with van der Waals surface area (Å²) >= 11 is 0. The fourth-order valence-corrected chi connectivity index (χ4v) is 5.58. The smallest absolute Gasteiger partial charge is 0.390 e. The van der Waals surface area contributed by atoms with Crippen LogP contribution in [-0.4, -0.2) is 64.8 Å². The molecule has 0 bridgehead atoms. The van der Waals surface area contributed by atoms with Crippen LogP contribution < -0.4 is 0 Å². The van der Waals surface area contributed by atoms with Crippen molar-refractivity contribution >= 4 is 5.91 Å². The number of aliphatic hydroxyl groups is 1. The van der Waals surface area contributed by atoms with Gasteiger partial charge in [-0.05, 0) is 18.4 Å². The molecule has 28 heavy (non-hydrogen) atoms. The molecule has 1 aromatic carbocycles. The van der Waals surface area contributed by atoms with Gasteiger partial charge in [-0.25, -0.2) is 0 Å². The quantitative estimate of drug-likeness (QED) is 0.832. The Hall–Kier alpha value is -1.60. The van der Waals surface area contributed by atoms with Crippen molar-refractivity contribution in [1.29, 1.82) is 0 Å². The molecule has 2 atom stereocenters. The van der Waals surface area contributed by atoms with E-state index in [0.717, 1.165) is 31.2 Å². The maximum Gasteiger partial charge on any atom is 0.390 e. The first kappa shape index (κ1) is 19.7. The fraction of sp³-hybridized carbons (Fsp3) is 0.667. The van der Waals surface area contributed by atoms with E-state index in [0.29, 0.717) is 13.1 Å². The SMILES string of the molecule is O=C(C1CCCC1)N1CC2(C1)[C@@H](c1ccccc1)[C@H](CO)N2CCC(F)(F)F. The molecule has 2 aliphatic heterocycles. The molecule has 0 aromatic heterocycles. The lowest BCUT2D eigenvalue weighted by Gasteiger charge is -2.71. The van der Waals surface area contributed by atoms with Crippen LogP contribution in [0, 0.1) is 5.92 Å². The van der Waals surface area contributed by atoms with Gasteiger partial charge in [-0.15, -0.1) is 0 Å². The second kappa shape index (κ2) is 7.34. The maximum absolute atomic E-state index is 12.9. The van der Waals surface area contributed by atoms with Crippen LogP contribution >= 0.6 is 0 Å². The Morgan fingerprint density at radius 3 is 2.36 bits per heavy atom. The maximum atomic E-state index is 12.9. The fourth-order valence-electron chi connectivity index (χ4n) is 5.58. The number of aliphatic hydroxyl groups excluding tert-OH is 1. The lowest BCUT2D eigenvalue weighted by molar-refractivity contribution is -0.211. The first-order valence-electron chi connectivity index (χ1n) is 10.1. The molecule has 1 aromatic rings. The molecule has 1 aliphatic carbocycles. The first-order chi connectivity index (χ1) is 13.4. The van der Waals surface area contributed by atoms with Gasteiger partial charge in [0.25, 0.3) is 0 Å². The third-order valence-corrected chi connectivity index (χ3v) is 6.86. The third kappa shape index (κ3) is 3.32. The Kier molecular flexibility index (Phi) is 5.16. The molecule has 2 heterocycles. The van der Waals surface area contributed by atoms with Crippen LogP contribution in [0.1, 0.15) is 43.6 Å². The van der Waals surface area contributed by atoms with Gasteiger partial charge in [-0.2, -0.15) is 13.2 Å². The number of nitrogens with zero attached hydrogens (tertiary/aromatic N) is 2. The summed E-state index contributed by atoms with van der Waals surface area (Å²) in [4.78, 5) is 16.4. The monoisotopic (exact) mass is 396 g/mol. The van der Waals surface area contributed by atoms with Crippen molar-refractivity contribution in [3.05, 3.63) is 35.9 Å². The molecule has 1 amide bonds. The normalized spacial score (nSPS) is 27.6. The number of rotatable bonds is 5. The van der Waals surface area contributed by atoms with Crippen molar-refractivity contribution < 1.29 is 23.1 Å². The van der Waals surface area contributed by atoms with Crippen LogP contribution in [0.5, 0.6) is 0 Å². The van der Waals surface area contributed by atoms with Gasteiger partial charge in [0.05, 0.1) is 18.6 Å².